The number of thiazole rings is 1. The van der Waals surface area contributed by atoms with Crippen molar-refractivity contribution in [1.29, 1.82) is 0 Å². The molecule has 21 heavy (non-hydrogen) atoms. The molecule has 1 atom stereocenters. The molecule has 0 saturated carbocycles. The fourth-order valence-corrected chi connectivity index (χ4v) is 2.58. The second-order valence-corrected chi connectivity index (χ2v) is 5.57. The van der Waals surface area contributed by atoms with Crippen LogP contribution >= 0.6 is 11.3 Å². The summed E-state index contributed by atoms with van der Waals surface area (Å²) in [6.07, 6.45) is -0.679. The van der Waals surface area contributed by atoms with E-state index in [0.29, 0.717) is 0 Å². The Kier molecular flexibility index (Phi) is 5.06. The van der Waals surface area contributed by atoms with Gasteiger partial charge in [-0.3, -0.25) is 9.63 Å². The minimum absolute atomic E-state index is 0.253. The predicted molar refractivity (Wildman–Crippen MR) is 81.8 cm³/mol. The Hall–Kier alpha value is -1.76. The van der Waals surface area contributed by atoms with Gasteiger partial charge < -0.3 is 4.74 Å². The Bertz CT molecular complexity index is 610. The minimum Gasteiger partial charge on any atom is -0.367 e. The lowest BCUT2D eigenvalue weighted by Crippen LogP contribution is -2.31. The van der Waals surface area contributed by atoms with Gasteiger partial charge in [0, 0.05) is 25.1 Å². The second kappa shape index (κ2) is 6.80. The van der Waals surface area contributed by atoms with E-state index in [1.165, 1.54) is 14.2 Å². The van der Waals surface area contributed by atoms with Gasteiger partial charge in [0.1, 0.15) is 0 Å². The molecule has 1 amide bonds. The second-order valence-electron chi connectivity index (χ2n) is 4.51. The summed E-state index contributed by atoms with van der Waals surface area (Å²) < 4.78 is 5.29. The number of methoxy groups -OCH3 is 1. The van der Waals surface area contributed by atoms with Gasteiger partial charge in [0.15, 0.2) is 6.10 Å². The lowest BCUT2D eigenvalue weighted by atomic mass is 10.0. The number of ether oxygens (including phenoxy) is 1. The molecule has 2 aromatic rings. The summed E-state index contributed by atoms with van der Waals surface area (Å²) in [7, 11) is 4.50. The average Bonchev–Trinajstić information content (AvgIpc) is 2.94. The quantitative estimate of drug-likeness (QED) is 0.797. The summed E-state index contributed by atoms with van der Waals surface area (Å²) >= 11 is 1.61. The smallest absolute Gasteiger partial charge is 0.279 e. The number of carbonyl (C=O) groups excluding carboxylic acids is 1. The van der Waals surface area contributed by atoms with E-state index in [-0.39, 0.29) is 5.91 Å². The Morgan fingerprint density at radius 1 is 1.29 bits per heavy atom. The van der Waals surface area contributed by atoms with Gasteiger partial charge in [0.05, 0.1) is 17.8 Å². The molecule has 6 heteroatoms. The number of hydroxylamine groups is 2. The van der Waals surface area contributed by atoms with Crippen molar-refractivity contribution >= 4 is 17.2 Å². The SMILES string of the molecule is COC(C(=O)N(C)OC)c1ccc(-c2csc(C)n2)cc1. The van der Waals surface area contributed by atoms with Crippen LogP contribution in [-0.2, 0) is 14.4 Å². The first-order chi connectivity index (χ1) is 10.1. The standard InChI is InChI=1S/C15H18N2O3S/c1-10-16-13(9-21-10)11-5-7-12(8-6-11)14(19-3)15(18)17(2)20-4/h5-9,14H,1-4H3. The number of rotatable bonds is 5. The lowest BCUT2D eigenvalue weighted by Gasteiger charge is -2.21. The van der Waals surface area contributed by atoms with E-state index in [0.717, 1.165) is 26.9 Å². The van der Waals surface area contributed by atoms with Crippen LogP contribution in [0, 0.1) is 6.92 Å². The van der Waals surface area contributed by atoms with Crippen LogP contribution in [0.2, 0.25) is 0 Å². The highest BCUT2D eigenvalue weighted by Crippen LogP contribution is 2.25. The van der Waals surface area contributed by atoms with E-state index in [9.17, 15) is 4.79 Å². The van der Waals surface area contributed by atoms with Crippen LogP contribution in [0.1, 0.15) is 16.7 Å². The van der Waals surface area contributed by atoms with Crippen molar-refractivity contribution in [2.24, 2.45) is 0 Å². The number of likely N-dealkylation sites (N-methyl/N-ethyl adjacent to an activating group) is 1. The van der Waals surface area contributed by atoms with E-state index in [1.807, 2.05) is 36.6 Å². The van der Waals surface area contributed by atoms with Gasteiger partial charge in [-0.25, -0.2) is 10.0 Å². The summed E-state index contributed by atoms with van der Waals surface area (Å²) in [4.78, 5) is 21.5. The summed E-state index contributed by atoms with van der Waals surface area (Å²) in [6, 6.07) is 7.63. The van der Waals surface area contributed by atoms with Crippen LogP contribution in [-0.4, -0.2) is 37.2 Å². The van der Waals surface area contributed by atoms with E-state index >= 15 is 0 Å². The molecule has 112 valence electrons. The van der Waals surface area contributed by atoms with E-state index < -0.39 is 6.10 Å². The van der Waals surface area contributed by atoms with Crippen LogP contribution in [0.3, 0.4) is 0 Å². The summed E-state index contributed by atoms with van der Waals surface area (Å²) in [5.41, 5.74) is 2.74. The third-order valence-electron chi connectivity index (χ3n) is 3.17. The summed E-state index contributed by atoms with van der Waals surface area (Å²) in [5.74, 6) is -0.253. The highest BCUT2D eigenvalue weighted by Gasteiger charge is 2.23. The molecular weight excluding hydrogens is 288 g/mol. The first-order valence-electron chi connectivity index (χ1n) is 6.43. The third kappa shape index (κ3) is 3.47. The molecule has 0 N–H and O–H groups in total. The molecule has 0 aliphatic heterocycles. The monoisotopic (exact) mass is 306 g/mol. The molecule has 1 aromatic heterocycles. The van der Waals surface area contributed by atoms with Gasteiger partial charge in [-0.2, -0.15) is 0 Å². The molecular formula is C15H18N2O3S. The fraction of sp³-hybridized carbons (Fsp3) is 0.333. The van der Waals surface area contributed by atoms with Gasteiger partial charge in [-0.1, -0.05) is 24.3 Å². The number of carbonyl (C=O) groups is 1. The van der Waals surface area contributed by atoms with Crippen molar-refractivity contribution in [3.05, 3.63) is 40.2 Å². The van der Waals surface area contributed by atoms with Gasteiger partial charge in [-0.15, -0.1) is 11.3 Å². The zero-order valence-corrected chi connectivity index (χ0v) is 13.3. The number of hydrogen-bond acceptors (Lipinski definition) is 5. The van der Waals surface area contributed by atoms with Gasteiger partial charge in [0.2, 0.25) is 0 Å². The molecule has 5 nitrogen and oxygen atoms in total. The Labute approximate surface area is 128 Å². The number of amides is 1. The summed E-state index contributed by atoms with van der Waals surface area (Å²) in [5, 5.41) is 4.20. The number of aromatic nitrogens is 1. The van der Waals surface area contributed by atoms with Gasteiger partial charge in [0.25, 0.3) is 5.91 Å². The maximum atomic E-state index is 12.1. The van der Waals surface area contributed by atoms with Crippen LogP contribution in [0.5, 0.6) is 0 Å². The maximum absolute atomic E-state index is 12.1. The molecule has 0 aliphatic rings. The first kappa shape index (κ1) is 15.6. The zero-order chi connectivity index (χ0) is 15.4. The molecule has 0 fully saturated rings. The summed E-state index contributed by atoms with van der Waals surface area (Å²) in [6.45, 7) is 1.97. The van der Waals surface area contributed by atoms with Crippen LogP contribution in [0.15, 0.2) is 29.6 Å². The molecule has 0 aliphatic carbocycles. The topological polar surface area (TPSA) is 51.7 Å². The van der Waals surface area contributed by atoms with Crippen LogP contribution in [0.4, 0.5) is 0 Å². The Balaban J connectivity index is 2.22. The van der Waals surface area contributed by atoms with Crippen LogP contribution < -0.4 is 0 Å². The first-order valence-corrected chi connectivity index (χ1v) is 7.31. The number of aryl methyl sites for hydroxylation is 1. The van der Waals surface area contributed by atoms with E-state index in [1.54, 1.807) is 18.4 Å². The van der Waals surface area contributed by atoms with Crippen molar-refractivity contribution < 1.29 is 14.4 Å². The third-order valence-corrected chi connectivity index (χ3v) is 3.95. The average molecular weight is 306 g/mol. The maximum Gasteiger partial charge on any atom is 0.279 e. The largest absolute Gasteiger partial charge is 0.367 e. The van der Waals surface area contributed by atoms with E-state index in [4.69, 9.17) is 9.57 Å². The lowest BCUT2D eigenvalue weighted by molar-refractivity contribution is -0.179. The highest BCUT2D eigenvalue weighted by atomic mass is 32.1. The molecule has 2 rings (SSSR count). The van der Waals surface area contributed by atoms with Crippen molar-refractivity contribution in [3.8, 4) is 11.3 Å². The van der Waals surface area contributed by atoms with E-state index in [2.05, 4.69) is 4.98 Å². The fourth-order valence-electron chi connectivity index (χ4n) is 1.96. The molecule has 1 aromatic carbocycles. The molecule has 0 spiro atoms. The van der Waals surface area contributed by atoms with Gasteiger partial charge in [-0.05, 0) is 12.5 Å². The number of nitrogens with zero attached hydrogens (tertiary/aromatic N) is 2. The predicted octanol–water partition coefficient (Wildman–Crippen LogP) is 2.83. The van der Waals surface area contributed by atoms with Crippen molar-refractivity contribution in [2.75, 3.05) is 21.3 Å². The normalized spacial score (nSPS) is 12.2. The highest BCUT2D eigenvalue weighted by molar-refractivity contribution is 7.09. The molecule has 1 heterocycles. The Morgan fingerprint density at radius 2 is 1.95 bits per heavy atom. The molecule has 0 saturated heterocycles. The number of hydrogen-bond donors (Lipinski definition) is 0. The zero-order valence-electron chi connectivity index (χ0n) is 12.5. The Morgan fingerprint density at radius 3 is 2.43 bits per heavy atom. The minimum atomic E-state index is -0.679. The van der Waals surface area contributed by atoms with Crippen molar-refractivity contribution in [1.82, 2.24) is 10.0 Å². The molecule has 0 radical (unpaired) electrons. The molecule has 1 unspecified atom stereocenters. The van der Waals surface area contributed by atoms with Crippen molar-refractivity contribution in [3.63, 3.8) is 0 Å². The van der Waals surface area contributed by atoms with Crippen LogP contribution in [0.25, 0.3) is 11.3 Å². The van der Waals surface area contributed by atoms with Gasteiger partial charge >= 0.3 is 0 Å². The molecule has 0 bridgehead atoms. The number of benzene rings is 1. The van der Waals surface area contributed by atoms with Crippen molar-refractivity contribution in [2.45, 2.75) is 13.0 Å².